The minimum Gasteiger partial charge on any atom is -0.292 e. The van der Waals surface area contributed by atoms with Gasteiger partial charge in [0.25, 0.3) is 0 Å². The number of nitrogens with zero attached hydrogens (tertiary/aromatic N) is 2. The first kappa shape index (κ1) is 8.74. The summed E-state index contributed by atoms with van der Waals surface area (Å²) in [5.41, 5.74) is 0.835. The molecule has 1 saturated heterocycles. The Morgan fingerprint density at radius 1 is 1.14 bits per heavy atom. The number of rotatable bonds is 2. The van der Waals surface area contributed by atoms with Crippen LogP contribution in [0.4, 0.5) is 10.5 Å². The monoisotopic (exact) mass is 190 g/mol. The van der Waals surface area contributed by atoms with Gasteiger partial charge in [-0.2, -0.15) is 0 Å². The summed E-state index contributed by atoms with van der Waals surface area (Å²) in [5, 5.41) is 0. The predicted octanol–water partition coefficient (Wildman–Crippen LogP) is 1.08. The second kappa shape index (κ2) is 3.49. The van der Waals surface area contributed by atoms with E-state index in [1.54, 1.807) is 4.90 Å². The van der Waals surface area contributed by atoms with Gasteiger partial charge in [0.1, 0.15) is 0 Å². The second-order valence-electron chi connectivity index (χ2n) is 3.07. The fraction of sp³-hybridized carbons (Fsp3) is 0.200. The van der Waals surface area contributed by atoms with Crippen molar-refractivity contribution in [3.63, 3.8) is 0 Å². The van der Waals surface area contributed by atoms with Gasteiger partial charge in [0.2, 0.25) is 6.41 Å². The quantitative estimate of drug-likeness (QED) is 0.655. The maximum Gasteiger partial charge on any atom is 0.331 e. The van der Waals surface area contributed by atoms with Crippen molar-refractivity contribution in [3.05, 3.63) is 30.3 Å². The fourth-order valence-corrected chi connectivity index (χ4v) is 1.50. The SMILES string of the molecule is O=CN1CCN(c2ccccc2)C1=O. The number of carbonyl (C=O) groups excluding carboxylic acids is 2. The first-order valence-corrected chi connectivity index (χ1v) is 4.41. The summed E-state index contributed by atoms with van der Waals surface area (Å²) in [6.07, 6.45) is 0.575. The van der Waals surface area contributed by atoms with E-state index in [-0.39, 0.29) is 6.03 Å². The van der Waals surface area contributed by atoms with Crippen LogP contribution in [-0.2, 0) is 4.79 Å². The average Bonchev–Trinajstić information content (AvgIpc) is 2.61. The Bertz CT molecular complexity index is 350. The van der Waals surface area contributed by atoms with Gasteiger partial charge < -0.3 is 0 Å². The highest BCUT2D eigenvalue weighted by atomic mass is 16.2. The Balaban J connectivity index is 2.22. The highest BCUT2D eigenvalue weighted by Crippen LogP contribution is 2.18. The number of benzene rings is 1. The molecule has 0 saturated carbocycles. The molecule has 1 aliphatic heterocycles. The van der Waals surface area contributed by atoms with Crippen molar-refractivity contribution in [1.29, 1.82) is 0 Å². The lowest BCUT2D eigenvalue weighted by molar-refractivity contribution is -0.115. The second-order valence-corrected chi connectivity index (χ2v) is 3.07. The molecule has 1 fully saturated rings. The maximum atomic E-state index is 11.6. The van der Waals surface area contributed by atoms with Crippen molar-refractivity contribution in [2.75, 3.05) is 18.0 Å². The summed E-state index contributed by atoms with van der Waals surface area (Å²) in [5.74, 6) is 0. The van der Waals surface area contributed by atoms with Crippen LogP contribution in [0.3, 0.4) is 0 Å². The van der Waals surface area contributed by atoms with E-state index >= 15 is 0 Å². The van der Waals surface area contributed by atoms with E-state index in [1.807, 2.05) is 30.3 Å². The zero-order valence-corrected chi connectivity index (χ0v) is 7.59. The van der Waals surface area contributed by atoms with Crippen LogP contribution in [0.5, 0.6) is 0 Å². The number of imide groups is 1. The summed E-state index contributed by atoms with van der Waals surface area (Å²) in [6, 6.07) is 9.09. The number of para-hydroxylation sites is 1. The molecule has 0 N–H and O–H groups in total. The number of amides is 3. The van der Waals surface area contributed by atoms with Crippen LogP contribution in [0, 0.1) is 0 Å². The van der Waals surface area contributed by atoms with Crippen LogP contribution in [0.2, 0.25) is 0 Å². The van der Waals surface area contributed by atoms with E-state index in [2.05, 4.69) is 0 Å². The molecule has 0 aromatic heterocycles. The van der Waals surface area contributed by atoms with Gasteiger partial charge >= 0.3 is 6.03 Å². The molecular weight excluding hydrogens is 180 g/mol. The van der Waals surface area contributed by atoms with Crippen LogP contribution in [-0.4, -0.2) is 30.4 Å². The van der Waals surface area contributed by atoms with E-state index in [0.717, 1.165) is 5.69 Å². The van der Waals surface area contributed by atoms with Gasteiger partial charge in [0.05, 0.1) is 0 Å². The third kappa shape index (κ3) is 1.35. The minimum atomic E-state index is -0.244. The van der Waals surface area contributed by atoms with Gasteiger partial charge in [-0.05, 0) is 12.1 Å². The Hall–Kier alpha value is -1.84. The van der Waals surface area contributed by atoms with Crippen molar-refractivity contribution in [3.8, 4) is 0 Å². The molecule has 4 nitrogen and oxygen atoms in total. The summed E-state index contributed by atoms with van der Waals surface area (Å²) in [7, 11) is 0. The summed E-state index contributed by atoms with van der Waals surface area (Å²) >= 11 is 0. The van der Waals surface area contributed by atoms with Crippen molar-refractivity contribution < 1.29 is 9.59 Å². The molecule has 1 aliphatic rings. The molecule has 0 aliphatic carbocycles. The number of anilines is 1. The molecule has 1 heterocycles. The van der Waals surface area contributed by atoms with Gasteiger partial charge in [0.15, 0.2) is 0 Å². The lowest BCUT2D eigenvalue weighted by Crippen LogP contribution is -2.30. The van der Waals surface area contributed by atoms with Crippen molar-refractivity contribution in [2.45, 2.75) is 0 Å². The van der Waals surface area contributed by atoms with Crippen LogP contribution in [0.25, 0.3) is 0 Å². The van der Waals surface area contributed by atoms with Gasteiger partial charge in [-0.15, -0.1) is 0 Å². The van der Waals surface area contributed by atoms with Gasteiger partial charge in [-0.1, -0.05) is 18.2 Å². The van der Waals surface area contributed by atoms with Gasteiger partial charge in [-0.25, -0.2) is 4.79 Å². The van der Waals surface area contributed by atoms with E-state index in [9.17, 15) is 9.59 Å². The number of urea groups is 1. The zero-order chi connectivity index (χ0) is 9.97. The number of hydrogen-bond acceptors (Lipinski definition) is 2. The molecule has 2 rings (SSSR count). The normalized spacial score (nSPS) is 16.1. The zero-order valence-electron chi connectivity index (χ0n) is 7.59. The largest absolute Gasteiger partial charge is 0.331 e. The fourth-order valence-electron chi connectivity index (χ4n) is 1.50. The van der Waals surface area contributed by atoms with Crippen LogP contribution in [0.1, 0.15) is 0 Å². The van der Waals surface area contributed by atoms with Crippen molar-refractivity contribution in [1.82, 2.24) is 4.90 Å². The molecule has 3 amide bonds. The molecular formula is C10H10N2O2. The maximum absolute atomic E-state index is 11.6. The Labute approximate surface area is 81.7 Å². The minimum absolute atomic E-state index is 0.244. The lowest BCUT2D eigenvalue weighted by atomic mass is 10.3. The molecule has 72 valence electrons. The highest BCUT2D eigenvalue weighted by Gasteiger charge is 2.28. The van der Waals surface area contributed by atoms with Crippen molar-refractivity contribution in [2.24, 2.45) is 0 Å². The van der Waals surface area contributed by atoms with E-state index < -0.39 is 0 Å². The molecule has 0 unspecified atom stereocenters. The third-order valence-electron chi connectivity index (χ3n) is 2.24. The third-order valence-corrected chi connectivity index (χ3v) is 2.24. The summed E-state index contributed by atoms with van der Waals surface area (Å²) in [4.78, 5) is 24.8. The van der Waals surface area contributed by atoms with Gasteiger partial charge in [-0.3, -0.25) is 14.6 Å². The van der Waals surface area contributed by atoms with E-state index in [4.69, 9.17) is 0 Å². The van der Waals surface area contributed by atoms with Crippen LogP contribution in [0.15, 0.2) is 30.3 Å². The molecule has 0 atom stereocenters. The number of hydrogen-bond donors (Lipinski definition) is 0. The number of carbonyl (C=O) groups is 2. The molecule has 14 heavy (non-hydrogen) atoms. The molecule has 1 aromatic carbocycles. The summed E-state index contributed by atoms with van der Waals surface area (Å²) in [6.45, 7) is 1.04. The standard InChI is InChI=1S/C10H10N2O2/c13-8-11-6-7-12(10(11)14)9-4-2-1-3-5-9/h1-5,8H,6-7H2. The molecule has 0 spiro atoms. The Morgan fingerprint density at radius 2 is 1.86 bits per heavy atom. The molecule has 0 bridgehead atoms. The average molecular weight is 190 g/mol. The molecule has 4 heteroatoms. The first-order chi connectivity index (χ1) is 6.83. The van der Waals surface area contributed by atoms with Crippen LogP contribution < -0.4 is 4.90 Å². The Kier molecular flexibility index (Phi) is 2.18. The van der Waals surface area contributed by atoms with Gasteiger partial charge in [0, 0.05) is 18.8 Å². The highest BCUT2D eigenvalue weighted by molar-refractivity contribution is 5.99. The first-order valence-electron chi connectivity index (χ1n) is 4.41. The predicted molar refractivity (Wildman–Crippen MR) is 52.0 cm³/mol. The van der Waals surface area contributed by atoms with E-state index in [1.165, 1.54) is 4.90 Å². The topological polar surface area (TPSA) is 40.6 Å². The summed E-state index contributed by atoms with van der Waals surface area (Å²) < 4.78 is 0. The van der Waals surface area contributed by atoms with E-state index in [0.29, 0.717) is 19.5 Å². The Morgan fingerprint density at radius 3 is 2.43 bits per heavy atom. The molecule has 1 aromatic rings. The molecule has 0 radical (unpaired) electrons. The lowest BCUT2D eigenvalue weighted by Gasteiger charge is -2.14. The van der Waals surface area contributed by atoms with Crippen molar-refractivity contribution >= 4 is 18.1 Å². The smallest absolute Gasteiger partial charge is 0.292 e. The van der Waals surface area contributed by atoms with Crippen LogP contribution >= 0.6 is 0 Å².